The molecule has 2 rings (SSSR count). The van der Waals surface area contributed by atoms with Crippen LogP contribution in [-0.2, 0) is 5.41 Å². The van der Waals surface area contributed by atoms with Crippen LogP contribution in [0.1, 0.15) is 49.0 Å². The van der Waals surface area contributed by atoms with Gasteiger partial charge in [0.1, 0.15) is 5.75 Å². The van der Waals surface area contributed by atoms with Crippen molar-refractivity contribution in [2.45, 2.75) is 38.5 Å². The molecule has 1 unspecified atom stereocenters. The maximum atomic E-state index is 11.8. The minimum atomic E-state index is 0.00447. The third-order valence-corrected chi connectivity index (χ3v) is 4.15. The van der Waals surface area contributed by atoms with E-state index in [2.05, 4.69) is 29.8 Å². The molecule has 0 saturated carbocycles. The largest absolute Gasteiger partial charge is 0.507 e. The van der Waals surface area contributed by atoms with Gasteiger partial charge in [-0.15, -0.1) is 0 Å². The second-order valence-corrected chi connectivity index (χ2v) is 5.60. The van der Waals surface area contributed by atoms with E-state index in [9.17, 15) is 9.90 Å². The lowest BCUT2D eigenvalue weighted by Crippen LogP contribution is -2.29. The lowest BCUT2D eigenvalue weighted by atomic mass is 9.69. The summed E-state index contributed by atoms with van der Waals surface area (Å²) in [6, 6.07) is 3.56. The fourth-order valence-corrected chi connectivity index (χ4v) is 2.82. The summed E-state index contributed by atoms with van der Waals surface area (Å²) >= 11 is 3.37. The number of halogens is 1. The maximum absolute atomic E-state index is 11.8. The SMILES string of the molecule is CCC1(C)CCC(=O)c2c(O)cc(Br)cc21. The van der Waals surface area contributed by atoms with Crippen molar-refractivity contribution < 1.29 is 9.90 Å². The highest BCUT2D eigenvalue weighted by Gasteiger charge is 2.36. The van der Waals surface area contributed by atoms with Gasteiger partial charge in [0.25, 0.3) is 0 Å². The molecular formula is C13H15BrO2. The topological polar surface area (TPSA) is 37.3 Å². The summed E-state index contributed by atoms with van der Waals surface area (Å²) in [6.07, 6.45) is 2.38. The number of hydrogen-bond donors (Lipinski definition) is 1. The van der Waals surface area contributed by atoms with E-state index in [1.807, 2.05) is 6.07 Å². The van der Waals surface area contributed by atoms with Crippen LogP contribution in [0.4, 0.5) is 0 Å². The third kappa shape index (κ3) is 1.67. The quantitative estimate of drug-likeness (QED) is 0.851. The highest BCUT2D eigenvalue weighted by molar-refractivity contribution is 9.10. The van der Waals surface area contributed by atoms with Gasteiger partial charge < -0.3 is 5.11 Å². The molecule has 0 amide bonds. The lowest BCUT2D eigenvalue weighted by molar-refractivity contribution is 0.0950. The van der Waals surface area contributed by atoms with Crippen LogP contribution >= 0.6 is 15.9 Å². The number of benzene rings is 1. The van der Waals surface area contributed by atoms with E-state index in [0.717, 1.165) is 22.9 Å². The van der Waals surface area contributed by atoms with Crippen molar-refractivity contribution in [1.82, 2.24) is 0 Å². The molecule has 0 fully saturated rings. The number of aromatic hydroxyl groups is 1. The summed E-state index contributed by atoms with van der Waals surface area (Å²) in [6.45, 7) is 4.28. The van der Waals surface area contributed by atoms with Crippen LogP contribution in [-0.4, -0.2) is 10.9 Å². The lowest BCUT2D eigenvalue weighted by Gasteiger charge is -2.34. The van der Waals surface area contributed by atoms with Crippen molar-refractivity contribution in [3.8, 4) is 5.75 Å². The average Bonchev–Trinajstić information content (AvgIpc) is 2.23. The van der Waals surface area contributed by atoms with Crippen LogP contribution in [0.3, 0.4) is 0 Å². The molecule has 0 aromatic heterocycles. The third-order valence-electron chi connectivity index (χ3n) is 3.70. The zero-order valence-corrected chi connectivity index (χ0v) is 11.1. The normalized spacial score (nSPS) is 24.3. The van der Waals surface area contributed by atoms with Gasteiger partial charge in [-0.3, -0.25) is 4.79 Å². The number of ketones is 1. The Bertz CT molecular complexity index is 453. The van der Waals surface area contributed by atoms with Gasteiger partial charge in [-0.2, -0.15) is 0 Å². The molecule has 0 bridgehead atoms. The Morgan fingerprint density at radius 1 is 1.50 bits per heavy atom. The van der Waals surface area contributed by atoms with Crippen LogP contribution in [0.25, 0.3) is 0 Å². The van der Waals surface area contributed by atoms with Crippen LogP contribution in [0.2, 0.25) is 0 Å². The first-order valence-electron chi connectivity index (χ1n) is 5.54. The van der Waals surface area contributed by atoms with Gasteiger partial charge in [0.2, 0.25) is 0 Å². The summed E-state index contributed by atoms with van der Waals surface area (Å²) in [5, 5.41) is 9.88. The predicted octanol–water partition coefficient (Wildman–Crippen LogP) is 3.80. The van der Waals surface area contributed by atoms with Crippen molar-refractivity contribution >= 4 is 21.7 Å². The Hall–Kier alpha value is -0.830. The summed E-state index contributed by atoms with van der Waals surface area (Å²) < 4.78 is 0.832. The van der Waals surface area contributed by atoms with Gasteiger partial charge in [-0.1, -0.05) is 29.8 Å². The average molecular weight is 283 g/mol. The van der Waals surface area contributed by atoms with Crippen molar-refractivity contribution in [2.24, 2.45) is 0 Å². The molecule has 1 aliphatic carbocycles. The number of phenolic OH excluding ortho intramolecular Hbond substituents is 1. The number of rotatable bonds is 1. The van der Waals surface area contributed by atoms with Crippen LogP contribution in [0, 0.1) is 0 Å². The zero-order chi connectivity index (χ0) is 11.9. The summed E-state index contributed by atoms with van der Waals surface area (Å²) in [7, 11) is 0. The molecule has 0 saturated heterocycles. The first-order valence-corrected chi connectivity index (χ1v) is 6.33. The Morgan fingerprint density at radius 2 is 2.19 bits per heavy atom. The van der Waals surface area contributed by atoms with E-state index in [0.29, 0.717) is 12.0 Å². The smallest absolute Gasteiger partial charge is 0.166 e. The maximum Gasteiger partial charge on any atom is 0.166 e. The van der Waals surface area contributed by atoms with Crippen LogP contribution < -0.4 is 0 Å². The van der Waals surface area contributed by atoms with Crippen LogP contribution in [0.15, 0.2) is 16.6 Å². The predicted molar refractivity (Wildman–Crippen MR) is 67.0 cm³/mol. The first kappa shape index (κ1) is 11.6. The molecule has 86 valence electrons. The Balaban J connectivity index is 2.70. The van der Waals surface area contributed by atoms with Crippen molar-refractivity contribution in [1.29, 1.82) is 0 Å². The summed E-state index contributed by atoms with van der Waals surface area (Å²) in [5.41, 5.74) is 1.52. The molecule has 1 N–H and O–H groups in total. The fraction of sp³-hybridized carbons (Fsp3) is 0.462. The molecule has 0 aliphatic heterocycles. The number of carbonyl (C=O) groups is 1. The van der Waals surface area contributed by atoms with E-state index in [-0.39, 0.29) is 16.9 Å². The zero-order valence-electron chi connectivity index (χ0n) is 9.51. The van der Waals surface area contributed by atoms with Crippen LogP contribution in [0.5, 0.6) is 5.75 Å². The van der Waals surface area contributed by atoms with E-state index < -0.39 is 0 Å². The Kier molecular flexibility index (Phi) is 2.82. The molecule has 0 radical (unpaired) electrons. The minimum Gasteiger partial charge on any atom is -0.507 e. The highest BCUT2D eigenvalue weighted by Crippen LogP contribution is 2.43. The molecule has 1 aromatic rings. The second kappa shape index (κ2) is 3.88. The first-order chi connectivity index (χ1) is 7.48. The second-order valence-electron chi connectivity index (χ2n) is 4.68. The van der Waals surface area contributed by atoms with E-state index in [1.54, 1.807) is 6.07 Å². The van der Waals surface area contributed by atoms with Gasteiger partial charge in [0, 0.05) is 10.9 Å². The number of hydrogen-bond acceptors (Lipinski definition) is 2. The van der Waals surface area contributed by atoms with Gasteiger partial charge in [-0.25, -0.2) is 0 Å². The Labute approximate surface area is 104 Å². The number of phenols is 1. The van der Waals surface area contributed by atoms with Gasteiger partial charge in [0.15, 0.2) is 5.78 Å². The van der Waals surface area contributed by atoms with Gasteiger partial charge in [-0.05, 0) is 36.0 Å². The molecule has 3 heteroatoms. The fourth-order valence-electron chi connectivity index (χ4n) is 2.38. The Morgan fingerprint density at radius 3 is 2.81 bits per heavy atom. The molecule has 16 heavy (non-hydrogen) atoms. The monoisotopic (exact) mass is 282 g/mol. The van der Waals surface area contributed by atoms with Gasteiger partial charge in [0.05, 0.1) is 5.56 Å². The number of carbonyl (C=O) groups excluding carboxylic acids is 1. The van der Waals surface area contributed by atoms with Crippen molar-refractivity contribution in [3.05, 3.63) is 27.7 Å². The standard InChI is InChI=1S/C13H15BrO2/c1-3-13(2)5-4-10(15)12-9(13)6-8(14)7-11(12)16/h6-7,16H,3-5H2,1-2H3. The highest BCUT2D eigenvalue weighted by atomic mass is 79.9. The summed E-state index contributed by atoms with van der Waals surface area (Å²) in [5.74, 6) is 0.166. The molecule has 0 heterocycles. The molecule has 1 atom stereocenters. The molecular weight excluding hydrogens is 268 g/mol. The number of Topliss-reactive ketones (excluding diaryl/α,β-unsaturated/α-hetero) is 1. The van der Waals surface area contributed by atoms with E-state index in [1.165, 1.54) is 0 Å². The summed E-state index contributed by atoms with van der Waals surface area (Å²) in [4.78, 5) is 11.8. The molecule has 2 nitrogen and oxygen atoms in total. The van der Waals surface area contributed by atoms with Crippen molar-refractivity contribution in [3.63, 3.8) is 0 Å². The molecule has 0 spiro atoms. The number of fused-ring (bicyclic) bond motifs is 1. The van der Waals surface area contributed by atoms with E-state index >= 15 is 0 Å². The minimum absolute atomic E-state index is 0.00447. The molecule has 1 aliphatic rings. The van der Waals surface area contributed by atoms with E-state index in [4.69, 9.17) is 0 Å². The molecule has 1 aromatic carbocycles. The van der Waals surface area contributed by atoms with Gasteiger partial charge >= 0.3 is 0 Å². The van der Waals surface area contributed by atoms with Crippen molar-refractivity contribution in [2.75, 3.05) is 0 Å².